The molecule has 0 aliphatic rings. The van der Waals surface area contributed by atoms with Crippen LogP contribution in [0.2, 0.25) is 0 Å². The molecule has 0 radical (unpaired) electrons. The largest absolute Gasteiger partial charge is 0.382 e. The summed E-state index contributed by atoms with van der Waals surface area (Å²) in [7, 11) is 1.66. The van der Waals surface area contributed by atoms with Gasteiger partial charge in [-0.1, -0.05) is 28.1 Å². The van der Waals surface area contributed by atoms with E-state index in [0.717, 1.165) is 11.0 Å². The minimum Gasteiger partial charge on any atom is -0.382 e. The van der Waals surface area contributed by atoms with Gasteiger partial charge in [0.05, 0.1) is 33.0 Å². The summed E-state index contributed by atoms with van der Waals surface area (Å²) < 4.78 is 16.8. The van der Waals surface area contributed by atoms with Crippen molar-refractivity contribution in [2.75, 3.05) is 46.7 Å². The van der Waals surface area contributed by atoms with Crippen LogP contribution in [0.25, 0.3) is 0 Å². The van der Waals surface area contributed by atoms with E-state index in [9.17, 15) is 0 Å². The smallest absolute Gasteiger partial charge is 0.0701 e. The standard InChI is InChI=1S/C15H24BrNO3/c1-13(14-4-3-5-15(16)12-14)17-6-7-19-10-11-20-9-8-18-2/h3-5,12-13,17H,6-11H2,1-2H3/t13-/m1/s1. The van der Waals surface area contributed by atoms with Crippen molar-refractivity contribution in [3.8, 4) is 0 Å². The van der Waals surface area contributed by atoms with E-state index in [2.05, 4.69) is 40.3 Å². The van der Waals surface area contributed by atoms with Crippen LogP contribution in [0.1, 0.15) is 18.5 Å². The van der Waals surface area contributed by atoms with Crippen LogP contribution in [0.4, 0.5) is 0 Å². The first kappa shape index (κ1) is 17.6. The molecular formula is C15H24BrNO3. The lowest BCUT2D eigenvalue weighted by Gasteiger charge is -2.14. The number of benzene rings is 1. The van der Waals surface area contributed by atoms with E-state index in [0.29, 0.717) is 39.1 Å². The zero-order chi connectivity index (χ0) is 14.6. The Kier molecular flexibility index (Phi) is 9.87. The molecule has 4 nitrogen and oxygen atoms in total. The highest BCUT2D eigenvalue weighted by atomic mass is 79.9. The second kappa shape index (κ2) is 11.2. The molecule has 20 heavy (non-hydrogen) atoms. The topological polar surface area (TPSA) is 39.7 Å². The van der Waals surface area contributed by atoms with Crippen LogP contribution in [0.15, 0.2) is 28.7 Å². The van der Waals surface area contributed by atoms with Gasteiger partial charge in [-0.2, -0.15) is 0 Å². The van der Waals surface area contributed by atoms with Crippen LogP contribution in [0.3, 0.4) is 0 Å². The Bertz CT molecular complexity index is 363. The number of ether oxygens (including phenoxy) is 3. The van der Waals surface area contributed by atoms with E-state index in [1.165, 1.54) is 5.56 Å². The monoisotopic (exact) mass is 345 g/mol. The summed E-state index contributed by atoms with van der Waals surface area (Å²) in [5.41, 5.74) is 1.27. The van der Waals surface area contributed by atoms with Crippen LogP contribution < -0.4 is 5.32 Å². The number of hydrogen-bond acceptors (Lipinski definition) is 4. The number of rotatable bonds is 11. The van der Waals surface area contributed by atoms with Crippen LogP contribution in [-0.4, -0.2) is 46.7 Å². The van der Waals surface area contributed by atoms with E-state index in [4.69, 9.17) is 14.2 Å². The van der Waals surface area contributed by atoms with Gasteiger partial charge in [-0.15, -0.1) is 0 Å². The summed E-state index contributed by atoms with van der Waals surface area (Å²) in [6.07, 6.45) is 0. The molecule has 1 aromatic rings. The maximum absolute atomic E-state index is 5.49. The Morgan fingerprint density at radius 3 is 2.50 bits per heavy atom. The average Bonchev–Trinajstić information content (AvgIpc) is 2.45. The van der Waals surface area contributed by atoms with Crippen molar-refractivity contribution in [1.29, 1.82) is 0 Å². The molecule has 0 aliphatic heterocycles. The Balaban J connectivity index is 2.01. The van der Waals surface area contributed by atoms with Gasteiger partial charge in [0.2, 0.25) is 0 Å². The molecule has 1 aromatic carbocycles. The Morgan fingerprint density at radius 2 is 1.80 bits per heavy atom. The van der Waals surface area contributed by atoms with Crippen molar-refractivity contribution < 1.29 is 14.2 Å². The van der Waals surface area contributed by atoms with Gasteiger partial charge in [0.25, 0.3) is 0 Å². The van der Waals surface area contributed by atoms with E-state index in [1.54, 1.807) is 7.11 Å². The van der Waals surface area contributed by atoms with Gasteiger partial charge in [-0.3, -0.25) is 0 Å². The zero-order valence-electron chi connectivity index (χ0n) is 12.2. The highest BCUT2D eigenvalue weighted by Crippen LogP contribution is 2.17. The maximum Gasteiger partial charge on any atom is 0.0701 e. The van der Waals surface area contributed by atoms with Crippen LogP contribution >= 0.6 is 15.9 Å². The van der Waals surface area contributed by atoms with Gasteiger partial charge >= 0.3 is 0 Å². The normalized spacial score (nSPS) is 12.6. The van der Waals surface area contributed by atoms with Gasteiger partial charge in [-0.25, -0.2) is 0 Å². The number of halogens is 1. The first-order valence-corrected chi connectivity index (χ1v) is 7.66. The highest BCUT2D eigenvalue weighted by Gasteiger charge is 2.04. The SMILES string of the molecule is COCCOCCOCCN[C@H](C)c1cccc(Br)c1. The average molecular weight is 346 g/mol. The van der Waals surface area contributed by atoms with Crippen molar-refractivity contribution in [2.45, 2.75) is 13.0 Å². The Labute approximate surface area is 129 Å². The van der Waals surface area contributed by atoms with Crippen LogP contribution in [0, 0.1) is 0 Å². The lowest BCUT2D eigenvalue weighted by Crippen LogP contribution is -2.24. The number of methoxy groups -OCH3 is 1. The van der Waals surface area contributed by atoms with E-state index in [1.807, 2.05) is 12.1 Å². The molecule has 0 unspecified atom stereocenters. The van der Waals surface area contributed by atoms with Crippen molar-refractivity contribution in [3.63, 3.8) is 0 Å². The predicted octanol–water partition coefficient (Wildman–Crippen LogP) is 2.78. The molecule has 1 atom stereocenters. The molecule has 0 amide bonds. The lowest BCUT2D eigenvalue weighted by atomic mass is 10.1. The molecule has 1 rings (SSSR count). The maximum atomic E-state index is 5.49. The predicted molar refractivity (Wildman–Crippen MR) is 84.1 cm³/mol. The molecule has 0 saturated heterocycles. The fourth-order valence-electron chi connectivity index (χ4n) is 1.71. The minimum atomic E-state index is 0.314. The summed E-state index contributed by atoms with van der Waals surface area (Å²) in [5.74, 6) is 0. The molecule has 0 heterocycles. The third kappa shape index (κ3) is 7.97. The molecule has 5 heteroatoms. The Hall–Kier alpha value is -0.460. The molecule has 0 saturated carbocycles. The van der Waals surface area contributed by atoms with Crippen molar-refractivity contribution in [3.05, 3.63) is 34.3 Å². The van der Waals surface area contributed by atoms with E-state index < -0.39 is 0 Å². The lowest BCUT2D eigenvalue weighted by molar-refractivity contribution is 0.0253. The summed E-state index contributed by atoms with van der Waals surface area (Å²) in [6, 6.07) is 8.64. The highest BCUT2D eigenvalue weighted by molar-refractivity contribution is 9.10. The first-order chi connectivity index (χ1) is 9.74. The first-order valence-electron chi connectivity index (χ1n) is 6.87. The van der Waals surface area contributed by atoms with Gasteiger partial charge in [0, 0.05) is 24.2 Å². The molecule has 1 N–H and O–H groups in total. The quantitative estimate of drug-likeness (QED) is 0.626. The van der Waals surface area contributed by atoms with Crippen molar-refractivity contribution >= 4 is 15.9 Å². The molecule has 0 aromatic heterocycles. The third-order valence-electron chi connectivity index (χ3n) is 2.85. The van der Waals surface area contributed by atoms with Gasteiger partial charge in [0.1, 0.15) is 0 Å². The summed E-state index contributed by atoms with van der Waals surface area (Å²) in [4.78, 5) is 0. The molecule has 0 bridgehead atoms. The van der Waals surface area contributed by atoms with E-state index in [-0.39, 0.29) is 0 Å². The molecule has 0 aliphatic carbocycles. The molecule has 0 fully saturated rings. The summed E-state index contributed by atoms with van der Waals surface area (Å²) in [6.45, 7) is 6.15. The Morgan fingerprint density at radius 1 is 1.10 bits per heavy atom. The van der Waals surface area contributed by atoms with Crippen LogP contribution in [-0.2, 0) is 14.2 Å². The number of nitrogens with one attached hydrogen (secondary N) is 1. The summed E-state index contributed by atoms with van der Waals surface area (Å²) in [5, 5.41) is 3.43. The van der Waals surface area contributed by atoms with Gasteiger partial charge in [-0.05, 0) is 24.6 Å². The third-order valence-corrected chi connectivity index (χ3v) is 3.34. The minimum absolute atomic E-state index is 0.314. The van der Waals surface area contributed by atoms with Crippen molar-refractivity contribution in [2.24, 2.45) is 0 Å². The second-order valence-electron chi connectivity index (χ2n) is 4.45. The molecule has 0 spiro atoms. The fourth-order valence-corrected chi connectivity index (χ4v) is 2.12. The zero-order valence-corrected chi connectivity index (χ0v) is 13.8. The van der Waals surface area contributed by atoms with E-state index >= 15 is 0 Å². The second-order valence-corrected chi connectivity index (χ2v) is 5.36. The van der Waals surface area contributed by atoms with Crippen LogP contribution in [0.5, 0.6) is 0 Å². The van der Waals surface area contributed by atoms with Gasteiger partial charge in [0.15, 0.2) is 0 Å². The summed E-state index contributed by atoms with van der Waals surface area (Å²) >= 11 is 3.48. The number of hydrogen-bond donors (Lipinski definition) is 1. The van der Waals surface area contributed by atoms with Crippen molar-refractivity contribution in [1.82, 2.24) is 5.32 Å². The van der Waals surface area contributed by atoms with Gasteiger partial charge < -0.3 is 19.5 Å². The molecular weight excluding hydrogens is 322 g/mol. The fraction of sp³-hybridized carbons (Fsp3) is 0.600. The molecule has 114 valence electrons.